The summed E-state index contributed by atoms with van der Waals surface area (Å²) in [6, 6.07) is 17.9. The third kappa shape index (κ3) is 5.00. The fourth-order valence-electron chi connectivity index (χ4n) is 3.17. The summed E-state index contributed by atoms with van der Waals surface area (Å²) in [7, 11) is 3.41. The second-order valence-corrected chi connectivity index (χ2v) is 6.48. The lowest BCUT2D eigenvalue weighted by Gasteiger charge is -2.19. The van der Waals surface area contributed by atoms with Crippen LogP contribution >= 0.6 is 0 Å². The van der Waals surface area contributed by atoms with E-state index in [0.29, 0.717) is 13.0 Å². The molecule has 1 amide bonds. The van der Waals surface area contributed by atoms with Gasteiger partial charge in [-0.2, -0.15) is 0 Å². The number of nitrogens with zero attached hydrogens (tertiary/aromatic N) is 2. The molecule has 2 aromatic carbocycles. The van der Waals surface area contributed by atoms with Gasteiger partial charge in [0.05, 0.1) is 13.2 Å². The summed E-state index contributed by atoms with van der Waals surface area (Å²) >= 11 is 0. The molecule has 0 aromatic heterocycles. The summed E-state index contributed by atoms with van der Waals surface area (Å²) in [6.45, 7) is 1.40. The van der Waals surface area contributed by atoms with Crippen LogP contribution in [-0.4, -0.2) is 45.2 Å². The number of methoxy groups -OCH3 is 1. The van der Waals surface area contributed by atoms with Crippen molar-refractivity contribution < 1.29 is 9.53 Å². The van der Waals surface area contributed by atoms with Crippen molar-refractivity contribution in [3.05, 3.63) is 60.2 Å². The molecule has 0 spiro atoms. The highest BCUT2D eigenvalue weighted by atomic mass is 16.5. The molecule has 6 nitrogen and oxygen atoms in total. The van der Waals surface area contributed by atoms with E-state index in [4.69, 9.17) is 4.74 Å². The molecule has 1 saturated heterocycles. The van der Waals surface area contributed by atoms with Gasteiger partial charge in [-0.15, -0.1) is 0 Å². The van der Waals surface area contributed by atoms with E-state index in [1.165, 1.54) is 5.56 Å². The number of hydrogen-bond acceptors (Lipinski definition) is 3. The molecule has 1 fully saturated rings. The average molecular weight is 366 g/mol. The fourth-order valence-corrected chi connectivity index (χ4v) is 3.17. The molecule has 1 atom stereocenters. The van der Waals surface area contributed by atoms with Crippen molar-refractivity contribution in [2.45, 2.75) is 18.9 Å². The minimum absolute atomic E-state index is 0.0462. The maximum Gasteiger partial charge on any atom is 0.229 e. The van der Waals surface area contributed by atoms with E-state index in [1.54, 1.807) is 14.2 Å². The monoisotopic (exact) mass is 366 g/mol. The first-order chi connectivity index (χ1) is 13.2. The highest BCUT2D eigenvalue weighted by molar-refractivity contribution is 5.97. The van der Waals surface area contributed by atoms with Crippen molar-refractivity contribution in [3.63, 3.8) is 0 Å². The number of carbonyl (C=O) groups is 1. The Morgan fingerprint density at radius 3 is 2.59 bits per heavy atom. The minimum atomic E-state index is 0.0462. The number of anilines is 1. The molecule has 0 saturated carbocycles. The highest BCUT2D eigenvalue weighted by Crippen LogP contribution is 2.20. The van der Waals surface area contributed by atoms with Crippen molar-refractivity contribution in [2.75, 3.05) is 32.1 Å². The van der Waals surface area contributed by atoms with Crippen molar-refractivity contribution in [2.24, 2.45) is 4.99 Å². The molecule has 27 heavy (non-hydrogen) atoms. The predicted octanol–water partition coefficient (Wildman–Crippen LogP) is 2.21. The van der Waals surface area contributed by atoms with E-state index in [9.17, 15) is 4.79 Å². The third-order valence-corrected chi connectivity index (χ3v) is 4.62. The van der Waals surface area contributed by atoms with Crippen molar-refractivity contribution in [1.29, 1.82) is 0 Å². The topological polar surface area (TPSA) is 66.0 Å². The Balaban J connectivity index is 1.48. The van der Waals surface area contributed by atoms with E-state index in [0.717, 1.165) is 30.4 Å². The lowest BCUT2D eigenvalue weighted by Crippen LogP contribution is -2.45. The summed E-state index contributed by atoms with van der Waals surface area (Å²) in [6.07, 6.45) is 1.35. The second-order valence-electron chi connectivity index (χ2n) is 6.48. The number of guanidine groups is 1. The van der Waals surface area contributed by atoms with Gasteiger partial charge in [0.15, 0.2) is 5.96 Å². The van der Waals surface area contributed by atoms with E-state index < -0.39 is 0 Å². The standard InChI is InChI=1S/C21H26N4O2/c1-22-21(23-13-12-16-8-10-19(27-2)11-9-16)24-17-14-20(26)25(15-17)18-6-4-3-5-7-18/h3-11,17H,12-15H2,1-2H3,(H2,22,23,24). The zero-order valence-electron chi connectivity index (χ0n) is 15.8. The largest absolute Gasteiger partial charge is 0.497 e. The normalized spacial score (nSPS) is 17.1. The van der Waals surface area contributed by atoms with Crippen LogP contribution in [0.1, 0.15) is 12.0 Å². The van der Waals surface area contributed by atoms with Crippen LogP contribution in [0.4, 0.5) is 5.69 Å². The first-order valence-corrected chi connectivity index (χ1v) is 9.15. The molecule has 1 heterocycles. The van der Waals surface area contributed by atoms with E-state index in [1.807, 2.05) is 47.4 Å². The Kier molecular flexibility index (Phi) is 6.30. The Hall–Kier alpha value is -3.02. The highest BCUT2D eigenvalue weighted by Gasteiger charge is 2.30. The SMILES string of the molecule is CN=C(NCCc1ccc(OC)cc1)NC1CC(=O)N(c2ccccc2)C1. The molecule has 0 aliphatic carbocycles. The number of hydrogen-bond donors (Lipinski definition) is 2. The number of rotatable bonds is 6. The number of nitrogens with one attached hydrogen (secondary N) is 2. The molecule has 0 radical (unpaired) electrons. The second kappa shape index (κ2) is 9.07. The molecule has 142 valence electrons. The van der Waals surface area contributed by atoms with Gasteiger partial charge in [0.1, 0.15) is 5.75 Å². The minimum Gasteiger partial charge on any atom is -0.497 e. The van der Waals surface area contributed by atoms with E-state index in [-0.39, 0.29) is 11.9 Å². The Bertz CT molecular complexity index is 775. The van der Waals surface area contributed by atoms with E-state index in [2.05, 4.69) is 27.8 Å². The van der Waals surface area contributed by atoms with Gasteiger partial charge in [0, 0.05) is 32.2 Å². The van der Waals surface area contributed by atoms with Gasteiger partial charge in [-0.1, -0.05) is 30.3 Å². The predicted molar refractivity (Wildman–Crippen MR) is 108 cm³/mol. The number of aliphatic imine (C=N–C) groups is 1. The molecular formula is C21H26N4O2. The van der Waals surface area contributed by atoms with Gasteiger partial charge in [-0.05, 0) is 36.2 Å². The summed E-state index contributed by atoms with van der Waals surface area (Å²) in [4.78, 5) is 18.4. The molecule has 6 heteroatoms. The van der Waals surface area contributed by atoms with E-state index >= 15 is 0 Å². The van der Waals surface area contributed by atoms with Crippen LogP contribution in [0.2, 0.25) is 0 Å². The van der Waals surface area contributed by atoms with Crippen LogP contribution in [-0.2, 0) is 11.2 Å². The molecule has 1 unspecified atom stereocenters. The quantitative estimate of drug-likeness (QED) is 0.608. The fraction of sp³-hybridized carbons (Fsp3) is 0.333. The van der Waals surface area contributed by atoms with Crippen LogP contribution in [0.15, 0.2) is 59.6 Å². The Labute approximate surface area is 160 Å². The number of ether oxygens (including phenoxy) is 1. The average Bonchev–Trinajstić information content (AvgIpc) is 3.08. The zero-order valence-corrected chi connectivity index (χ0v) is 15.8. The lowest BCUT2D eigenvalue weighted by molar-refractivity contribution is -0.117. The van der Waals surface area contributed by atoms with Gasteiger partial charge in [0.2, 0.25) is 5.91 Å². The number of para-hydroxylation sites is 1. The number of benzene rings is 2. The Morgan fingerprint density at radius 2 is 1.93 bits per heavy atom. The lowest BCUT2D eigenvalue weighted by atomic mass is 10.1. The first kappa shape index (κ1) is 18.8. The van der Waals surface area contributed by atoms with Gasteiger partial charge < -0.3 is 20.3 Å². The maximum atomic E-state index is 12.3. The molecule has 2 aromatic rings. The third-order valence-electron chi connectivity index (χ3n) is 4.62. The summed E-state index contributed by atoms with van der Waals surface area (Å²) in [5.41, 5.74) is 2.17. The molecular weight excluding hydrogens is 340 g/mol. The summed E-state index contributed by atoms with van der Waals surface area (Å²) in [5.74, 6) is 1.71. The van der Waals surface area contributed by atoms with Crippen LogP contribution in [0.3, 0.4) is 0 Å². The van der Waals surface area contributed by atoms with Gasteiger partial charge in [-0.25, -0.2) is 0 Å². The summed E-state index contributed by atoms with van der Waals surface area (Å²) in [5, 5.41) is 6.68. The van der Waals surface area contributed by atoms with Crippen LogP contribution in [0.25, 0.3) is 0 Å². The molecule has 0 bridgehead atoms. The zero-order chi connectivity index (χ0) is 19.1. The van der Waals surface area contributed by atoms with Crippen molar-refractivity contribution in [1.82, 2.24) is 10.6 Å². The first-order valence-electron chi connectivity index (χ1n) is 9.15. The Morgan fingerprint density at radius 1 is 1.19 bits per heavy atom. The number of carbonyl (C=O) groups excluding carboxylic acids is 1. The van der Waals surface area contributed by atoms with Gasteiger partial charge in [0.25, 0.3) is 0 Å². The van der Waals surface area contributed by atoms with Crippen LogP contribution in [0.5, 0.6) is 5.75 Å². The van der Waals surface area contributed by atoms with Crippen LogP contribution < -0.4 is 20.3 Å². The smallest absolute Gasteiger partial charge is 0.229 e. The molecule has 2 N–H and O–H groups in total. The molecule has 3 rings (SSSR count). The summed E-state index contributed by atoms with van der Waals surface area (Å²) < 4.78 is 5.18. The molecule has 1 aliphatic heterocycles. The van der Waals surface area contributed by atoms with Gasteiger partial charge in [-0.3, -0.25) is 9.79 Å². The molecule has 1 aliphatic rings. The van der Waals surface area contributed by atoms with Gasteiger partial charge >= 0.3 is 0 Å². The van der Waals surface area contributed by atoms with Crippen LogP contribution in [0, 0.1) is 0 Å². The maximum absolute atomic E-state index is 12.3. The number of amides is 1. The van der Waals surface area contributed by atoms with Crippen molar-refractivity contribution in [3.8, 4) is 5.75 Å². The van der Waals surface area contributed by atoms with Crippen molar-refractivity contribution >= 4 is 17.6 Å².